The van der Waals surface area contributed by atoms with Crippen LogP contribution in [0.4, 0.5) is 5.69 Å². The highest BCUT2D eigenvalue weighted by Gasteiger charge is 2.14. The number of hydrogen-bond acceptors (Lipinski definition) is 3. The Morgan fingerprint density at radius 2 is 1.87 bits per heavy atom. The van der Waals surface area contributed by atoms with Gasteiger partial charge < -0.3 is 15.3 Å². The number of rotatable bonds is 2. The molecule has 0 aliphatic carbocycles. The molecule has 76 valence electrons. The summed E-state index contributed by atoms with van der Waals surface area (Å²) in [4.78, 5) is 10.8. The molecule has 0 atom stereocenters. The van der Waals surface area contributed by atoms with Crippen molar-refractivity contribution in [2.24, 2.45) is 0 Å². The molecule has 0 aliphatic rings. The molecule has 15 heavy (non-hydrogen) atoms. The third-order valence-corrected chi connectivity index (χ3v) is 2.07. The molecule has 0 bridgehead atoms. The molecule has 0 radical (unpaired) electrons. The predicted molar refractivity (Wildman–Crippen MR) is 55.5 cm³/mol. The summed E-state index contributed by atoms with van der Waals surface area (Å²) >= 11 is 0. The number of aromatic carboxylic acids is 1. The third-order valence-electron chi connectivity index (χ3n) is 2.07. The van der Waals surface area contributed by atoms with Crippen molar-refractivity contribution in [3.8, 4) is 11.3 Å². The molecule has 0 fully saturated rings. The molecular weight excluding hydrogens is 194 g/mol. The minimum Gasteiger partial charge on any atom is -0.478 e. The van der Waals surface area contributed by atoms with E-state index < -0.39 is 5.97 Å². The lowest BCUT2D eigenvalue weighted by Gasteiger charge is -1.99. The summed E-state index contributed by atoms with van der Waals surface area (Å²) in [5.74, 6) is -0.655. The van der Waals surface area contributed by atoms with Crippen molar-refractivity contribution >= 4 is 11.7 Å². The molecule has 0 aliphatic heterocycles. The maximum atomic E-state index is 10.8. The second kappa shape index (κ2) is 3.49. The maximum absolute atomic E-state index is 10.8. The SMILES string of the molecule is Nc1ccc(-c2occc2C(=O)O)cc1. The lowest BCUT2D eigenvalue weighted by atomic mass is 10.1. The fourth-order valence-corrected chi connectivity index (χ4v) is 1.34. The molecule has 3 N–H and O–H groups in total. The van der Waals surface area contributed by atoms with E-state index in [1.165, 1.54) is 12.3 Å². The van der Waals surface area contributed by atoms with Gasteiger partial charge >= 0.3 is 5.97 Å². The first-order chi connectivity index (χ1) is 7.18. The Morgan fingerprint density at radius 3 is 2.47 bits per heavy atom. The minimum atomic E-state index is -1.00. The van der Waals surface area contributed by atoms with Gasteiger partial charge in [-0.05, 0) is 30.3 Å². The molecule has 0 amide bonds. The lowest BCUT2D eigenvalue weighted by Crippen LogP contribution is -1.95. The molecule has 1 heterocycles. The molecule has 4 heteroatoms. The fraction of sp³-hybridized carbons (Fsp3) is 0. The first-order valence-corrected chi connectivity index (χ1v) is 4.35. The maximum Gasteiger partial charge on any atom is 0.339 e. The number of carbonyl (C=O) groups is 1. The van der Waals surface area contributed by atoms with Crippen LogP contribution in [0.3, 0.4) is 0 Å². The number of carboxylic acid groups (broad SMARTS) is 1. The molecule has 0 unspecified atom stereocenters. The normalized spacial score (nSPS) is 10.1. The second-order valence-electron chi connectivity index (χ2n) is 3.09. The Kier molecular flexibility index (Phi) is 2.17. The molecule has 4 nitrogen and oxygen atoms in total. The zero-order valence-electron chi connectivity index (χ0n) is 7.81. The van der Waals surface area contributed by atoms with Crippen LogP contribution >= 0.6 is 0 Å². The van der Waals surface area contributed by atoms with Crippen molar-refractivity contribution in [1.29, 1.82) is 0 Å². The summed E-state index contributed by atoms with van der Waals surface area (Å²) in [7, 11) is 0. The van der Waals surface area contributed by atoms with Crippen LogP contribution < -0.4 is 5.73 Å². The van der Waals surface area contributed by atoms with Gasteiger partial charge in [0.1, 0.15) is 11.3 Å². The zero-order chi connectivity index (χ0) is 10.8. The highest BCUT2D eigenvalue weighted by Crippen LogP contribution is 2.25. The molecule has 0 spiro atoms. The standard InChI is InChI=1S/C11H9NO3/c12-8-3-1-7(2-4-8)10-9(11(13)14)5-6-15-10/h1-6H,12H2,(H,13,14). The van der Waals surface area contributed by atoms with Crippen molar-refractivity contribution in [3.05, 3.63) is 42.2 Å². The number of nitrogens with two attached hydrogens (primary N) is 1. The number of anilines is 1. The number of carboxylic acids is 1. The van der Waals surface area contributed by atoms with E-state index in [9.17, 15) is 4.79 Å². The molecule has 2 aromatic rings. The Hall–Kier alpha value is -2.23. The average Bonchev–Trinajstić information content (AvgIpc) is 2.67. The first kappa shape index (κ1) is 9.33. The topological polar surface area (TPSA) is 76.5 Å². The molecule has 1 aromatic carbocycles. The van der Waals surface area contributed by atoms with Gasteiger partial charge in [0, 0.05) is 11.3 Å². The van der Waals surface area contributed by atoms with Gasteiger partial charge in [0.2, 0.25) is 0 Å². The van der Waals surface area contributed by atoms with Crippen LogP contribution in [-0.4, -0.2) is 11.1 Å². The van der Waals surface area contributed by atoms with E-state index in [0.717, 1.165) is 0 Å². The van der Waals surface area contributed by atoms with E-state index in [2.05, 4.69) is 0 Å². The van der Waals surface area contributed by atoms with Gasteiger partial charge in [0.15, 0.2) is 0 Å². The second-order valence-corrected chi connectivity index (χ2v) is 3.09. The quantitative estimate of drug-likeness (QED) is 0.733. The predicted octanol–water partition coefficient (Wildman–Crippen LogP) is 2.23. The van der Waals surface area contributed by atoms with E-state index in [4.69, 9.17) is 15.3 Å². The molecule has 0 saturated carbocycles. The summed E-state index contributed by atoms with van der Waals surface area (Å²) in [6.07, 6.45) is 1.36. The Morgan fingerprint density at radius 1 is 1.20 bits per heavy atom. The van der Waals surface area contributed by atoms with E-state index in [0.29, 0.717) is 17.0 Å². The van der Waals surface area contributed by atoms with Crippen molar-refractivity contribution in [2.75, 3.05) is 5.73 Å². The van der Waals surface area contributed by atoms with Gasteiger partial charge in [-0.1, -0.05) is 0 Å². The van der Waals surface area contributed by atoms with Crippen LogP contribution in [-0.2, 0) is 0 Å². The van der Waals surface area contributed by atoms with Crippen molar-refractivity contribution in [1.82, 2.24) is 0 Å². The van der Waals surface area contributed by atoms with E-state index in [1.807, 2.05) is 0 Å². The van der Waals surface area contributed by atoms with Gasteiger partial charge in [-0.2, -0.15) is 0 Å². The monoisotopic (exact) mass is 203 g/mol. The Balaban J connectivity index is 2.49. The van der Waals surface area contributed by atoms with E-state index in [-0.39, 0.29) is 5.56 Å². The van der Waals surface area contributed by atoms with Gasteiger partial charge in [-0.25, -0.2) is 4.79 Å². The summed E-state index contributed by atoms with van der Waals surface area (Å²) < 4.78 is 5.13. The lowest BCUT2D eigenvalue weighted by molar-refractivity contribution is 0.0697. The largest absolute Gasteiger partial charge is 0.478 e. The Labute approximate surface area is 85.9 Å². The van der Waals surface area contributed by atoms with Crippen molar-refractivity contribution < 1.29 is 14.3 Å². The summed E-state index contributed by atoms with van der Waals surface area (Å²) in [5.41, 5.74) is 7.01. The number of nitrogen functional groups attached to an aromatic ring is 1. The summed E-state index contributed by atoms with van der Waals surface area (Å²) in [5, 5.41) is 8.89. The van der Waals surface area contributed by atoms with Crippen LogP contribution in [0.25, 0.3) is 11.3 Å². The van der Waals surface area contributed by atoms with Gasteiger partial charge in [-0.3, -0.25) is 0 Å². The van der Waals surface area contributed by atoms with Gasteiger partial charge in [0.05, 0.1) is 6.26 Å². The van der Waals surface area contributed by atoms with E-state index in [1.54, 1.807) is 24.3 Å². The number of benzene rings is 1. The summed E-state index contributed by atoms with van der Waals surface area (Å²) in [6, 6.07) is 8.27. The highest BCUT2D eigenvalue weighted by atomic mass is 16.4. The molecule has 2 rings (SSSR count). The third kappa shape index (κ3) is 1.69. The van der Waals surface area contributed by atoms with Gasteiger partial charge in [-0.15, -0.1) is 0 Å². The van der Waals surface area contributed by atoms with Gasteiger partial charge in [0.25, 0.3) is 0 Å². The van der Waals surface area contributed by atoms with Crippen molar-refractivity contribution in [3.63, 3.8) is 0 Å². The first-order valence-electron chi connectivity index (χ1n) is 4.35. The Bertz CT molecular complexity index is 485. The van der Waals surface area contributed by atoms with Crippen molar-refractivity contribution in [2.45, 2.75) is 0 Å². The van der Waals surface area contributed by atoms with E-state index >= 15 is 0 Å². The average molecular weight is 203 g/mol. The fourth-order valence-electron chi connectivity index (χ4n) is 1.34. The molecular formula is C11H9NO3. The smallest absolute Gasteiger partial charge is 0.339 e. The molecule has 1 aromatic heterocycles. The van der Waals surface area contributed by atoms with Crippen LogP contribution in [0.1, 0.15) is 10.4 Å². The van der Waals surface area contributed by atoms with Crippen LogP contribution in [0.5, 0.6) is 0 Å². The minimum absolute atomic E-state index is 0.153. The summed E-state index contributed by atoms with van der Waals surface area (Å²) in [6.45, 7) is 0. The number of furan rings is 1. The number of hydrogen-bond donors (Lipinski definition) is 2. The zero-order valence-corrected chi connectivity index (χ0v) is 7.81. The van der Waals surface area contributed by atoms with Crippen LogP contribution in [0.2, 0.25) is 0 Å². The molecule has 0 saturated heterocycles. The van der Waals surface area contributed by atoms with Crippen LogP contribution in [0, 0.1) is 0 Å². The van der Waals surface area contributed by atoms with Crippen LogP contribution in [0.15, 0.2) is 41.0 Å². The highest BCUT2D eigenvalue weighted by molar-refractivity contribution is 5.94.